The first-order valence-corrected chi connectivity index (χ1v) is 6.61. The maximum absolute atomic E-state index is 13.4. The second-order valence-corrected chi connectivity index (χ2v) is 4.47. The molecule has 0 atom stereocenters. The predicted octanol–water partition coefficient (Wildman–Crippen LogP) is 3.32. The van der Waals surface area contributed by atoms with E-state index < -0.39 is 5.97 Å². The summed E-state index contributed by atoms with van der Waals surface area (Å²) in [4.78, 5) is 16.3. The third-order valence-corrected chi connectivity index (χ3v) is 3.10. The number of nitrogens with zero attached hydrogens (tertiary/aromatic N) is 2. The Morgan fingerprint density at radius 3 is 2.90 bits per heavy atom. The number of pyridine rings is 1. The van der Waals surface area contributed by atoms with Gasteiger partial charge in [-0.3, -0.25) is 4.40 Å². The Balaban J connectivity index is 2.22. The quantitative estimate of drug-likeness (QED) is 0.693. The highest BCUT2D eigenvalue weighted by molar-refractivity contribution is 5.96. The van der Waals surface area contributed by atoms with Gasteiger partial charge in [0.25, 0.3) is 0 Å². The number of fused-ring (bicyclic) bond motifs is 1. The summed E-state index contributed by atoms with van der Waals surface area (Å²) in [6.07, 6.45) is 1.78. The number of hydrogen-bond donors (Lipinski definition) is 0. The molecular formula is C16H13FN2O2. The third-order valence-electron chi connectivity index (χ3n) is 3.10. The van der Waals surface area contributed by atoms with Gasteiger partial charge in [0.2, 0.25) is 0 Å². The van der Waals surface area contributed by atoms with Crippen LogP contribution in [-0.4, -0.2) is 22.0 Å². The molecular weight excluding hydrogens is 271 g/mol. The van der Waals surface area contributed by atoms with Crippen LogP contribution in [0.15, 0.2) is 48.7 Å². The van der Waals surface area contributed by atoms with Gasteiger partial charge < -0.3 is 4.74 Å². The molecule has 2 heterocycles. The molecule has 3 aromatic rings. The molecule has 106 valence electrons. The number of ether oxygens (including phenoxy) is 1. The van der Waals surface area contributed by atoms with E-state index in [2.05, 4.69) is 4.98 Å². The van der Waals surface area contributed by atoms with Gasteiger partial charge in [-0.25, -0.2) is 14.2 Å². The molecule has 0 saturated carbocycles. The van der Waals surface area contributed by atoms with Gasteiger partial charge in [-0.15, -0.1) is 0 Å². The molecule has 1 aromatic carbocycles. The van der Waals surface area contributed by atoms with Crippen molar-refractivity contribution in [2.45, 2.75) is 6.92 Å². The summed E-state index contributed by atoms with van der Waals surface area (Å²) in [6.45, 7) is 2.02. The minimum atomic E-state index is -0.483. The zero-order valence-corrected chi connectivity index (χ0v) is 11.4. The fourth-order valence-corrected chi connectivity index (χ4v) is 2.22. The number of aromatic nitrogens is 2. The van der Waals surface area contributed by atoms with E-state index in [9.17, 15) is 9.18 Å². The third kappa shape index (κ3) is 2.38. The summed E-state index contributed by atoms with van der Waals surface area (Å²) >= 11 is 0. The summed E-state index contributed by atoms with van der Waals surface area (Å²) in [5.41, 5.74) is 1.47. The summed E-state index contributed by atoms with van der Waals surface area (Å²) in [5.74, 6) is -0.324. The van der Waals surface area contributed by atoms with E-state index in [-0.39, 0.29) is 18.1 Å². The Kier molecular flexibility index (Phi) is 3.39. The standard InChI is InChI=1S/C16H13FN2O2/c1-2-21-16(20)14-13-8-3-4-9-19(13)15(18-14)11-6-5-7-12(17)10-11/h3-10H,2H2,1H3. The number of imidazole rings is 1. The fourth-order valence-electron chi connectivity index (χ4n) is 2.22. The van der Waals surface area contributed by atoms with Crippen molar-refractivity contribution in [3.05, 3.63) is 60.2 Å². The van der Waals surface area contributed by atoms with Crippen LogP contribution in [0.25, 0.3) is 16.9 Å². The maximum Gasteiger partial charge on any atom is 0.359 e. The monoisotopic (exact) mass is 284 g/mol. The fraction of sp³-hybridized carbons (Fsp3) is 0.125. The lowest BCUT2D eigenvalue weighted by Gasteiger charge is -2.00. The Bertz CT molecular complexity index is 811. The molecule has 5 heteroatoms. The van der Waals surface area contributed by atoms with Gasteiger partial charge in [0.05, 0.1) is 12.1 Å². The molecule has 3 rings (SSSR count). The van der Waals surface area contributed by atoms with Crippen molar-refractivity contribution in [3.8, 4) is 11.4 Å². The molecule has 0 saturated heterocycles. The predicted molar refractivity (Wildman–Crippen MR) is 76.5 cm³/mol. The van der Waals surface area contributed by atoms with Crippen LogP contribution in [0.1, 0.15) is 17.4 Å². The van der Waals surface area contributed by atoms with E-state index in [1.165, 1.54) is 12.1 Å². The van der Waals surface area contributed by atoms with Crippen LogP contribution in [0.3, 0.4) is 0 Å². The minimum Gasteiger partial charge on any atom is -0.461 e. The zero-order chi connectivity index (χ0) is 14.8. The molecule has 0 radical (unpaired) electrons. The van der Waals surface area contributed by atoms with E-state index >= 15 is 0 Å². The lowest BCUT2D eigenvalue weighted by molar-refractivity contribution is 0.0522. The summed E-state index contributed by atoms with van der Waals surface area (Å²) in [5, 5.41) is 0. The molecule has 4 nitrogen and oxygen atoms in total. The summed E-state index contributed by atoms with van der Waals surface area (Å²) < 4.78 is 20.2. The maximum atomic E-state index is 13.4. The number of esters is 1. The number of carbonyl (C=O) groups excluding carboxylic acids is 1. The number of halogens is 1. The topological polar surface area (TPSA) is 43.6 Å². The van der Waals surface area contributed by atoms with Gasteiger partial charge in [-0.2, -0.15) is 0 Å². The van der Waals surface area contributed by atoms with Crippen LogP contribution in [0.2, 0.25) is 0 Å². The van der Waals surface area contributed by atoms with Crippen LogP contribution in [0.5, 0.6) is 0 Å². The van der Waals surface area contributed by atoms with Crippen LogP contribution in [0, 0.1) is 5.82 Å². The van der Waals surface area contributed by atoms with Crippen molar-refractivity contribution in [3.63, 3.8) is 0 Å². The van der Waals surface area contributed by atoms with Crippen molar-refractivity contribution >= 4 is 11.5 Å². The second-order valence-electron chi connectivity index (χ2n) is 4.47. The largest absolute Gasteiger partial charge is 0.461 e. The molecule has 2 aromatic heterocycles. The number of rotatable bonds is 3. The normalized spacial score (nSPS) is 10.8. The van der Waals surface area contributed by atoms with Gasteiger partial charge >= 0.3 is 5.97 Å². The van der Waals surface area contributed by atoms with E-state index in [0.717, 1.165) is 0 Å². The highest BCUT2D eigenvalue weighted by atomic mass is 19.1. The SMILES string of the molecule is CCOC(=O)c1nc(-c2cccc(F)c2)n2ccccc12. The first-order chi connectivity index (χ1) is 10.2. The number of hydrogen-bond acceptors (Lipinski definition) is 3. The lowest BCUT2D eigenvalue weighted by atomic mass is 10.2. The lowest BCUT2D eigenvalue weighted by Crippen LogP contribution is -2.05. The van der Waals surface area contributed by atoms with Gasteiger partial charge in [0.15, 0.2) is 5.69 Å². The average molecular weight is 284 g/mol. The van der Waals surface area contributed by atoms with Crippen LogP contribution in [0.4, 0.5) is 4.39 Å². The second kappa shape index (κ2) is 5.36. The van der Waals surface area contributed by atoms with Crippen molar-refractivity contribution in [1.82, 2.24) is 9.38 Å². The van der Waals surface area contributed by atoms with Crippen molar-refractivity contribution in [1.29, 1.82) is 0 Å². The molecule has 0 aliphatic heterocycles. The minimum absolute atomic E-state index is 0.233. The van der Waals surface area contributed by atoms with E-state index in [1.807, 2.05) is 12.1 Å². The smallest absolute Gasteiger partial charge is 0.359 e. The van der Waals surface area contributed by atoms with Gasteiger partial charge in [0.1, 0.15) is 11.6 Å². The molecule has 0 aliphatic rings. The molecule has 0 N–H and O–H groups in total. The van der Waals surface area contributed by atoms with Gasteiger partial charge in [-0.1, -0.05) is 18.2 Å². The zero-order valence-electron chi connectivity index (χ0n) is 11.4. The van der Waals surface area contributed by atoms with Crippen LogP contribution < -0.4 is 0 Å². The Hall–Kier alpha value is -2.69. The van der Waals surface area contributed by atoms with Crippen LogP contribution in [-0.2, 0) is 4.74 Å². The van der Waals surface area contributed by atoms with Gasteiger partial charge in [0, 0.05) is 11.8 Å². The molecule has 0 fully saturated rings. The van der Waals surface area contributed by atoms with Crippen molar-refractivity contribution in [2.75, 3.05) is 6.61 Å². The molecule has 0 amide bonds. The van der Waals surface area contributed by atoms with E-state index in [1.54, 1.807) is 35.7 Å². The Morgan fingerprint density at radius 1 is 1.29 bits per heavy atom. The van der Waals surface area contributed by atoms with E-state index in [4.69, 9.17) is 4.74 Å². The summed E-state index contributed by atoms with van der Waals surface area (Å²) in [6, 6.07) is 11.5. The Labute approximate surface area is 120 Å². The molecule has 0 spiro atoms. The first-order valence-electron chi connectivity index (χ1n) is 6.61. The van der Waals surface area contributed by atoms with Crippen molar-refractivity contribution < 1.29 is 13.9 Å². The highest BCUT2D eigenvalue weighted by Crippen LogP contribution is 2.23. The molecule has 0 aliphatic carbocycles. The first kappa shape index (κ1) is 13.3. The number of benzene rings is 1. The molecule has 0 bridgehead atoms. The molecule has 21 heavy (non-hydrogen) atoms. The van der Waals surface area contributed by atoms with Crippen molar-refractivity contribution in [2.24, 2.45) is 0 Å². The Morgan fingerprint density at radius 2 is 2.14 bits per heavy atom. The highest BCUT2D eigenvalue weighted by Gasteiger charge is 2.19. The average Bonchev–Trinajstić information content (AvgIpc) is 2.87. The van der Waals surface area contributed by atoms with Gasteiger partial charge in [-0.05, 0) is 31.2 Å². The molecule has 0 unspecified atom stereocenters. The van der Waals surface area contributed by atoms with Crippen LogP contribution >= 0.6 is 0 Å². The number of carbonyl (C=O) groups is 1. The van der Waals surface area contributed by atoms with E-state index in [0.29, 0.717) is 16.9 Å². The summed E-state index contributed by atoms with van der Waals surface area (Å²) in [7, 11) is 0.